The van der Waals surface area contributed by atoms with Crippen molar-refractivity contribution in [2.45, 2.75) is 13.0 Å². The molecule has 128 valence electrons. The highest BCUT2D eigenvalue weighted by Crippen LogP contribution is 2.14. The number of aldehydes is 2. The molecule has 5 nitrogen and oxygen atoms in total. The van der Waals surface area contributed by atoms with Crippen molar-refractivity contribution >= 4 is 24.7 Å². The van der Waals surface area contributed by atoms with Crippen LogP contribution >= 0.6 is 0 Å². The summed E-state index contributed by atoms with van der Waals surface area (Å²) in [6, 6.07) is 14.4. The Kier molecular flexibility index (Phi) is 7.13. The number of ether oxygens (including phenoxy) is 1. The van der Waals surface area contributed by atoms with Crippen LogP contribution in [0.5, 0.6) is 0 Å². The molecule has 0 saturated heterocycles. The second-order valence-corrected chi connectivity index (χ2v) is 5.27. The van der Waals surface area contributed by atoms with Crippen LogP contribution in [-0.4, -0.2) is 25.2 Å². The molecule has 0 unspecified atom stereocenters. The van der Waals surface area contributed by atoms with Crippen molar-refractivity contribution in [3.8, 4) is 0 Å². The van der Waals surface area contributed by atoms with Gasteiger partial charge in [0.15, 0.2) is 12.6 Å². The molecule has 0 bridgehead atoms. The lowest BCUT2D eigenvalue weighted by Crippen LogP contribution is -2.24. The van der Waals surface area contributed by atoms with E-state index in [2.05, 4.69) is 5.32 Å². The maximum Gasteiger partial charge on any atom is 0.407 e. The molecule has 25 heavy (non-hydrogen) atoms. The fraction of sp³-hybridized carbons (Fsp3) is 0.150. The van der Waals surface area contributed by atoms with Crippen molar-refractivity contribution in [3.63, 3.8) is 0 Å². The van der Waals surface area contributed by atoms with E-state index in [4.69, 9.17) is 4.74 Å². The van der Waals surface area contributed by atoms with E-state index in [-0.39, 0.29) is 6.61 Å². The number of alkyl carbamates (subject to hydrolysis) is 1. The Morgan fingerprint density at radius 1 is 0.960 bits per heavy atom. The molecule has 0 aromatic heterocycles. The van der Waals surface area contributed by atoms with Crippen LogP contribution in [0.1, 0.15) is 38.3 Å². The highest BCUT2D eigenvalue weighted by atomic mass is 16.5. The summed E-state index contributed by atoms with van der Waals surface area (Å²) in [5.41, 5.74) is 2.41. The van der Waals surface area contributed by atoms with Gasteiger partial charge >= 0.3 is 6.09 Å². The predicted molar refractivity (Wildman–Crippen MR) is 95.5 cm³/mol. The highest BCUT2D eigenvalue weighted by molar-refractivity contribution is 5.90. The standard InChI is InChI=1S/C20H19NO4/c22-13-17-9-6-10-18(14-23)19(17)11-4-5-12-21-20(24)25-15-16-7-2-1-3-8-16/h1-4,6-11,13-14H,5,12,15H2,(H,21,24). The topological polar surface area (TPSA) is 72.5 Å². The lowest BCUT2D eigenvalue weighted by atomic mass is 10.0. The quantitative estimate of drug-likeness (QED) is 0.589. The first-order chi connectivity index (χ1) is 12.2. The van der Waals surface area contributed by atoms with Crippen LogP contribution in [-0.2, 0) is 11.3 Å². The summed E-state index contributed by atoms with van der Waals surface area (Å²) in [5, 5.41) is 2.64. The molecule has 0 saturated carbocycles. The van der Waals surface area contributed by atoms with E-state index in [0.29, 0.717) is 42.2 Å². The second kappa shape index (κ2) is 9.82. The van der Waals surface area contributed by atoms with Gasteiger partial charge in [-0.15, -0.1) is 0 Å². The zero-order valence-electron chi connectivity index (χ0n) is 13.7. The summed E-state index contributed by atoms with van der Waals surface area (Å²) in [7, 11) is 0. The predicted octanol–water partition coefficient (Wildman–Crippen LogP) is 3.64. The van der Waals surface area contributed by atoms with Crippen molar-refractivity contribution in [1.29, 1.82) is 0 Å². The Balaban J connectivity index is 1.77. The number of hydrogen-bond donors (Lipinski definition) is 1. The minimum Gasteiger partial charge on any atom is -0.445 e. The molecule has 1 amide bonds. The molecule has 0 atom stereocenters. The minimum atomic E-state index is -0.487. The molecule has 0 aliphatic rings. The summed E-state index contributed by atoms with van der Waals surface area (Å²) >= 11 is 0. The molecular formula is C20H19NO4. The van der Waals surface area contributed by atoms with Crippen LogP contribution in [0, 0.1) is 0 Å². The normalized spacial score (nSPS) is 10.4. The molecule has 0 aliphatic carbocycles. The van der Waals surface area contributed by atoms with Gasteiger partial charge in [-0.25, -0.2) is 4.79 Å². The number of benzene rings is 2. The molecule has 2 aromatic rings. The average Bonchev–Trinajstić information content (AvgIpc) is 2.66. The monoisotopic (exact) mass is 337 g/mol. The van der Waals surface area contributed by atoms with Crippen LogP contribution in [0.3, 0.4) is 0 Å². The summed E-state index contributed by atoms with van der Waals surface area (Å²) in [6.45, 7) is 0.613. The lowest BCUT2D eigenvalue weighted by molar-refractivity contribution is 0.112. The van der Waals surface area contributed by atoms with Crippen molar-refractivity contribution < 1.29 is 19.1 Å². The molecule has 2 rings (SSSR count). The van der Waals surface area contributed by atoms with E-state index in [1.54, 1.807) is 30.4 Å². The SMILES string of the molecule is O=Cc1cccc(C=O)c1C=CCCNC(=O)OCc1ccccc1. The molecule has 0 spiro atoms. The molecular weight excluding hydrogens is 318 g/mol. The summed E-state index contributed by atoms with van der Waals surface area (Å²) in [6.07, 6.45) is 5.00. The summed E-state index contributed by atoms with van der Waals surface area (Å²) in [4.78, 5) is 33.7. The van der Waals surface area contributed by atoms with Gasteiger partial charge in [-0.1, -0.05) is 60.7 Å². The Morgan fingerprint density at radius 3 is 2.28 bits per heavy atom. The minimum absolute atomic E-state index is 0.220. The zero-order chi connectivity index (χ0) is 17.9. The number of carbonyl (C=O) groups excluding carboxylic acids is 3. The van der Waals surface area contributed by atoms with E-state index < -0.39 is 6.09 Å². The largest absolute Gasteiger partial charge is 0.445 e. The van der Waals surface area contributed by atoms with Gasteiger partial charge in [-0.3, -0.25) is 9.59 Å². The van der Waals surface area contributed by atoms with Crippen LogP contribution in [0.25, 0.3) is 6.08 Å². The van der Waals surface area contributed by atoms with Gasteiger partial charge < -0.3 is 10.1 Å². The molecule has 0 heterocycles. The van der Waals surface area contributed by atoms with Crippen LogP contribution in [0.2, 0.25) is 0 Å². The third-order valence-electron chi connectivity index (χ3n) is 3.51. The van der Waals surface area contributed by atoms with E-state index in [1.165, 1.54) is 0 Å². The first kappa shape index (κ1) is 18.1. The average molecular weight is 337 g/mol. The number of nitrogens with one attached hydrogen (secondary N) is 1. The van der Waals surface area contributed by atoms with Gasteiger partial charge in [0.05, 0.1) is 0 Å². The molecule has 0 fully saturated rings. The van der Waals surface area contributed by atoms with Crippen molar-refractivity contribution in [3.05, 3.63) is 76.9 Å². The van der Waals surface area contributed by atoms with E-state index in [0.717, 1.165) is 5.56 Å². The van der Waals surface area contributed by atoms with Crippen LogP contribution < -0.4 is 5.32 Å². The summed E-state index contributed by atoms with van der Waals surface area (Å²) in [5.74, 6) is 0. The van der Waals surface area contributed by atoms with Crippen molar-refractivity contribution in [2.75, 3.05) is 6.54 Å². The fourth-order valence-electron chi connectivity index (χ4n) is 2.23. The molecule has 0 aliphatic heterocycles. The smallest absolute Gasteiger partial charge is 0.407 e. The number of rotatable bonds is 8. The van der Waals surface area contributed by atoms with Crippen molar-refractivity contribution in [1.82, 2.24) is 5.32 Å². The van der Waals surface area contributed by atoms with Gasteiger partial charge in [-0.05, 0) is 17.5 Å². The Labute approximate surface area is 146 Å². The first-order valence-corrected chi connectivity index (χ1v) is 7.89. The molecule has 2 aromatic carbocycles. The van der Waals surface area contributed by atoms with Crippen LogP contribution in [0.4, 0.5) is 4.79 Å². The third-order valence-corrected chi connectivity index (χ3v) is 3.51. The van der Waals surface area contributed by atoms with Gasteiger partial charge in [-0.2, -0.15) is 0 Å². The van der Waals surface area contributed by atoms with Gasteiger partial charge in [0, 0.05) is 17.7 Å². The second-order valence-electron chi connectivity index (χ2n) is 5.27. The maximum absolute atomic E-state index is 11.6. The molecule has 1 N–H and O–H groups in total. The van der Waals surface area contributed by atoms with Gasteiger partial charge in [0.25, 0.3) is 0 Å². The number of carbonyl (C=O) groups is 3. The third kappa shape index (κ3) is 5.73. The molecule has 0 radical (unpaired) electrons. The Morgan fingerprint density at radius 2 is 1.64 bits per heavy atom. The Hall–Kier alpha value is -3.21. The summed E-state index contributed by atoms with van der Waals surface area (Å²) < 4.78 is 5.10. The van der Waals surface area contributed by atoms with Crippen molar-refractivity contribution in [2.24, 2.45) is 0 Å². The van der Waals surface area contributed by atoms with Gasteiger partial charge in [0.2, 0.25) is 0 Å². The lowest BCUT2D eigenvalue weighted by Gasteiger charge is -2.06. The van der Waals surface area contributed by atoms with E-state index in [1.807, 2.05) is 30.3 Å². The van der Waals surface area contributed by atoms with Gasteiger partial charge in [0.1, 0.15) is 6.61 Å². The number of hydrogen-bond acceptors (Lipinski definition) is 4. The molecule has 5 heteroatoms. The first-order valence-electron chi connectivity index (χ1n) is 7.89. The maximum atomic E-state index is 11.6. The van der Waals surface area contributed by atoms with E-state index in [9.17, 15) is 14.4 Å². The van der Waals surface area contributed by atoms with E-state index >= 15 is 0 Å². The zero-order valence-corrected chi connectivity index (χ0v) is 13.7. The Bertz CT molecular complexity index is 727. The fourth-order valence-corrected chi connectivity index (χ4v) is 2.23. The highest BCUT2D eigenvalue weighted by Gasteiger charge is 2.04. The number of amides is 1. The van der Waals surface area contributed by atoms with Crippen LogP contribution in [0.15, 0.2) is 54.6 Å².